The van der Waals surface area contributed by atoms with E-state index in [2.05, 4.69) is 43.3 Å². The van der Waals surface area contributed by atoms with Crippen LogP contribution in [0, 0.1) is 0 Å². The Morgan fingerprint density at radius 1 is 1.27 bits per heavy atom. The second kappa shape index (κ2) is 4.30. The van der Waals surface area contributed by atoms with Gasteiger partial charge < -0.3 is 4.52 Å². The molecule has 0 saturated carbocycles. The van der Waals surface area contributed by atoms with Crippen LogP contribution in [0.3, 0.4) is 0 Å². The number of hydrogen-bond donors (Lipinski definition) is 0. The van der Waals surface area contributed by atoms with Gasteiger partial charge in [-0.2, -0.15) is 0 Å². The number of rotatable bonds is 3. The summed E-state index contributed by atoms with van der Waals surface area (Å²) in [6.45, 7) is 4.40. The van der Waals surface area contributed by atoms with Crippen LogP contribution < -0.4 is 0 Å². The predicted octanol–water partition coefficient (Wildman–Crippen LogP) is 3.39. The van der Waals surface area contributed by atoms with Crippen molar-refractivity contribution in [3.8, 4) is 0 Å². The Morgan fingerprint density at radius 2 is 2.13 bits per heavy atom. The van der Waals surface area contributed by atoms with E-state index in [1.54, 1.807) is 6.20 Å². The topological polar surface area (TPSA) is 26.0 Å². The van der Waals surface area contributed by atoms with E-state index in [0.717, 1.165) is 12.2 Å². The second-order valence-corrected chi connectivity index (χ2v) is 4.06. The largest absolute Gasteiger partial charge is 0.361 e. The summed E-state index contributed by atoms with van der Waals surface area (Å²) in [6, 6.07) is 10.5. The SMILES string of the molecule is CC(C)c1cccc(Cc2ccno2)c1. The smallest absolute Gasteiger partial charge is 0.141 e. The van der Waals surface area contributed by atoms with E-state index in [1.165, 1.54) is 11.1 Å². The molecule has 0 radical (unpaired) electrons. The third-order valence-electron chi connectivity index (χ3n) is 2.49. The minimum Gasteiger partial charge on any atom is -0.361 e. The minimum atomic E-state index is 0.569. The summed E-state index contributed by atoms with van der Waals surface area (Å²) >= 11 is 0. The highest BCUT2D eigenvalue weighted by Gasteiger charge is 2.03. The molecule has 15 heavy (non-hydrogen) atoms. The van der Waals surface area contributed by atoms with E-state index in [0.29, 0.717) is 5.92 Å². The quantitative estimate of drug-likeness (QED) is 0.760. The van der Waals surface area contributed by atoms with Gasteiger partial charge in [-0.25, -0.2) is 0 Å². The molecular weight excluding hydrogens is 186 g/mol. The van der Waals surface area contributed by atoms with Crippen molar-refractivity contribution < 1.29 is 4.52 Å². The summed E-state index contributed by atoms with van der Waals surface area (Å²) in [5, 5.41) is 3.70. The van der Waals surface area contributed by atoms with Crippen LogP contribution in [-0.4, -0.2) is 5.16 Å². The van der Waals surface area contributed by atoms with Gasteiger partial charge in [-0.1, -0.05) is 43.3 Å². The number of benzene rings is 1. The Balaban J connectivity index is 2.18. The maximum Gasteiger partial charge on any atom is 0.141 e. The van der Waals surface area contributed by atoms with Gasteiger partial charge >= 0.3 is 0 Å². The highest BCUT2D eigenvalue weighted by atomic mass is 16.5. The summed E-state index contributed by atoms with van der Waals surface area (Å²) in [7, 11) is 0. The Labute approximate surface area is 89.9 Å². The predicted molar refractivity (Wildman–Crippen MR) is 59.8 cm³/mol. The summed E-state index contributed by atoms with van der Waals surface area (Å²) < 4.78 is 5.09. The Morgan fingerprint density at radius 3 is 2.80 bits per heavy atom. The molecule has 1 aromatic carbocycles. The molecule has 0 aliphatic carbocycles. The first-order valence-corrected chi connectivity index (χ1v) is 5.24. The minimum absolute atomic E-state index is 0.569. The molecule has 1 heterocycles. The van der Waals surface area contributed by atoms with Crippen molar-refractivity contribution >= 4 is 0 Å². The van der Waals surface area contributed by atoms with E-state index in [4.69, 9.17) is 4.52 Å². The first kappa shape index (κ1) is 9.97. The van der Waals surface area contributed by atoms with Crippen molar-refractivity contribution in [2.75, 3.05) is 0 Å². The molecule has 0 spiro atoms. The third kappa shape index (κ3) is 2.46. The van der Waals surface area contributed by atoms with Crippen LogP contribution in [0.1, 0.15) is 36.7 Å². The normalized spacial score (nSPS) is 10.9. The molecule has 0 amide bonds. The molecule has 0 N–H and O–H groups in total. The summed E-state index contributed by atoms with van der Waals surface area (Å²) in [4.78, 5) is 0. The Bertz CT molecular complexity index is 418. The van der Waals surface area contributed by atoms with Gasteiger partial charge in [-0.05, 0) is 17.0 Å². The van der Waals surface area contributed by atoms with Crippen LogP contribution in [0.5, 0.6) is 0 Å². The van der Waals surface area contributed by atoms with E-state index in [1.807, 2.05) is 6.07 Å². The second-order valence-electron chi connectivity index (χ2n) is 4.06. The number of hydrogen-bond acceptors (Lipinski definition) is 2. The molecule has 2 heteroatoms. The van der Waals surface area contributed by atoms with Crippen molar-refractivity contribution in [3.05, 3.63) is 53.4 Å². The lowest BCUT2D eigenvalue weighted by atomic mass is 9.99. The van der Waals surface area contributed by atoms with E-state index in [-0.39, 0.29) is 0 Å². The fourth-order valence-corrected chi connectivity index (χ4v) is 1.60. The molecule has 0 bridgehead atoms. The van der Waals surface area contributed by atoms with Crippen LogP contribution in [0.25, 0.3) is 0 Å². The molecule has 0 unspecified atom stereocenters. The Kier molecular flexibility index (Phi) is 2.86. The van der Waals surface area contributed by atoms with Gasteiger partial charge in [0.15, 0.2) is 0 Å². The first-order chi connectivity index (χ1) is 7.25. The van der Waals surface area contributed by atoms with Gasteiger partial charge in [-0.3, -0.25) is 0 Å². The van der Waals surface area contributed by atoms with Crippen LogP contribution >= 0.6 is 0 Å². The molecule has 0 saturated heterocycles. The lowest BCUT2D eigenvalue weighted by molar-refractivity contribution is 0.389. The van der Waals surface area contributed by atoms with Crippen molar-refractivity contribution in [3.63, 3.8) is 0 Å². The number of nitrogens with zero attached hydrogens (tertiary/aromatic N) is 1. The summed E-state index contributed by atoms with van der Waals surface area (Å²) in [5.74, 6) is 1.48. The molecule has 0 fully saturated rings. The molecule has 2 aromatic rings. The monoisotopic (exact) mass is 201 g/mol. The van der Waals surface area contributed by atoms with Gasteiger partial charge in [-0.15, -0.1) is 0 Å². The van der Waals surface area contributed by atoms with Crippen molar-refractivity contribution in [2.24, 2.45) is 0 Å². The fourth-order valence-electron chi connectivity index (χ4n) is 1.60. The average molecular weight is 201 g/mol. The maximum atomic E-state index is 5.09. The Hall–Kier alpha value is -1.57. The number of aromatic nitrogens is 1. The first-order valence-electron chi connectivity index (χ1n) is 5.24. The van der Waals surface area contributed by atoms with Crippen molar-refractivity contribution in [1.29, 1.82) is 0 Å². The third-order valence-corrected chi connectivity index (χ3v) is 2.49. The zero-order chi connectivity index (χ0) is 10.7. The standard InChI is InChI=1S/C13H15NO/c1-10(2)12-5-3-4-11(8-12)9-13-6-7-14-15-13/h3-8,10H,9H2,1-2H3. The highest BCUT2D eigenvalue weighted by molar-refractivity contribution is 5.28. The van der Waals surface area contributed by atoms with Gasteiger partial charge in [0.1, 0.15) is 5.76 Å². The molecule has 0 aliphatic heterocycles. The summed E-state index contributed by atoms with van der Waals surface area (Å²) in [5.41, 5.74) is 2.64. The maximum absolute atomic E-state index is 5.09. The molecule has 78 valence electrons. The van der Waals surface area contributed by atoms with Gasteiger partial charge in [0.05, 0.1) is 6.20 Å². The van der Waals surface area contributed by atoms with Crippen LogP contribution in [0.2, 0.25) is 0 Å². The molecule has 1 aromatic heterocycles. The van der Waals surface area contributed by atoms with Crippen LogP contribution in [-0.2, 0) is 6.42 Å². The van der Waals surface area contributed by atoms with Crippen molar-refractivity contribution in [2.45, 2.75) is 26.2 Å². The van der Waals surface area contributed by atoms with E-state index >= 15 is 0 Å². The zero-order valence-electron chi connectivity index (χ0n) is 9.10. The molecule has 0 atom stereocenters. The van der Waals surface area contributed by atoms with Crippen molar-refractivity contribution in [1.82, 2.24) is 5.16 Å². The molecular formula is C13H15NO. The fraction of sp³-hybridized carbons (Fsp3) is 0.308. The van der Waals surface area contributed by atoms with Gasteiger partial charge in [0, 0.05) is 12.5 Å². The van der Waals surface area contributed by atoms with E-state index < -0.39 is 0 Å². The zero-order valence-corrected chi connectivity index (χ0v) is 9.10. The van der Waals surface area contributed by atoms with Gasteiger partial charge in [0.2, 0.25) is 0 Å². The van der Waals surface area contributed by atoms with Crippen LogP contribution in [0.4, 0.5) is 0 Å². The molecule has 0 aliphatic rings. The lowest BCUT2D eigenvalue weighted by Crippen LogP contribution is -1.91. The molecule has 2 rings (SSSR count). The van der Waals surface area contributed by atoms with Gasteiger partial charge in [0.25, 0.3) is 0 Å². The van der Waals surface area contributed by atoms with Crippen LogP contribution in [0.15, 0.2) is 41.1 Å². The summed E-state index contributed by atoms with van der Waals surface area (Å²) in [6.07, 6.45) is 2.50. The van der Waals surface area contributed by atoms with E-state index in [9.17, 15) is 0 Å². The molecule has 2 nitrogen and oxygen atoms in total. The highest BCUT2D eigenvalue weighted by Crippen LogP contribution is 2.17. The average Bonchev–Trinajstić information content (AvgIpc) is 2.71. The lowest BCUT2D eigenvalue weighted by Gasteiger charge is -2.06.